The first-order valence-corrected chi connectivity index (χ1v) is 13.8. The number of hydrogen-bond donors (Lipinski definition) is 0. The van der Waals surface area contributed by atoms with Gasteiger partial charge in [0.25, 0.3) is 0 Å². The molecule has 1 heterocycles. The van der Waals surface area contributed by atoms with Crippen molar-refractivity contribution in [1.82, 2.24) is 0 Å². The van der Waals surface area contributed by atoms with Gasteiger partial charge in [-0.25, -0.2) is 16.8 Å². The number of anilines is 1. The highest BCUT2D eigenvalue weighted by Gasteiger charge is 2.30. The standard InChI is InChI=1S/C20H31NO4S2/c1-26(22,23)18-12-13-19(20(15-18)27(2,24)25)21-14-6-9-17(21)11-10-16-7-4-3-5-8-16/h12-13,15-17H,3-11,14H2,1-2H3. The first kappa shape index (κ1) is 20.6. The maximum Gasteiger partial charge on any atom is 0.177 e. The summed E-state index contributed by atoms with van der Waals surface area (Å²) >= 11 is 0. The van der Waals surface area contributed by atoms with E-state index in [4.69, 9.17) is 0 Å². The van der Waals surface area contributed by atoms with Crippen molar-refractivity contribution in [2.45, 2.75) is 73.6 Å². The van der Waals surface area contributed by atoms with E-state index in [-0.39, 0.29) is 9.79 Å². The maximum absolute atomic E-state index is 12.4. The van der Waals surface area contributed by atoms with E-state index in [1.807, 2.05) is 0 Å². The average Bonchev–Trinajstić information content (AvgIpc) is 3.07. The van der Waals surface area contributed by atoms with Crippen molar-refractivity contribution in [1.29, 1.82) is 0 Å². The molecule has 1 atom stereocenters. The zero-order valence-corrected chi connectivity index (χ0v) is 18.0. The first-order chi connectivity index (χ1) is 12.7. The van der Waals surface area contributed by atoms with Gasteiger partial charge in [-0.3, -0.25) is 0 Å². The second-order valence-electron chi connectivity index (χ2n) is 8.24. The summed E-state index contributed by atoms with van der Waals surface area (Å²) in [5, 5.41) is 0. The molecule has 7 heteroatoms. The molecule has 0 bridgehead atoms. The second kappa shape index (κ2) is 8.11. The molecule has 1 unspecified atom stereocenters. The molecule has 5 nitrogen and oxygen atoms in total. The van der Waals surface area contributed by atoms with E-state index in [9.17, 15) is 16.8 Å². The zero-order valence-electron chi connectivity index (χ0n) is 16.4. The Morgan fingerprint density at radius 3 is 2.22 bits per heavy atom. The van der Waals surface area contributed by atoms with Crippen LogP contribution in [0.4, 0.5) is 5.69 Å². The van der Waals surface area contributed by atoms with Gasteiger partial charge in [0.15, 0.2) is 19.7 Å². The smallest absolute Gasteiger partial charge is 0.177 e. The quantitative estimate of drug-likeness (QED) is 0.709. The van der Waals surface area contributed by atoms with E-state index < -0.39 is 19.7 Å². The molecule has 0 radical (unpaired) electrons. The van der Waals surface area contributed by atoms with Gasteiger partial charge in [0.2, 0.25) is 0 Å². The van der Waals surface area contributed by atoms with Crippen LogP contribution in [0.2, 0.25) is 0 Å². The third-order valence-electron chi connectivity index (χ3n) is 6.08. The van der Waals surface area contributed by atoms with Crippen LogP contribution in [-0.2, 0) is 19.7 Å². The fourth-order valence-corrected chi connectivity index (χ4v) is 6.24. The molecule has 2 aliphatic rings. The van der Waals surface area contributed by atoms with Gasteiger partial charge in [-0.2, -0.15) is 0 Å². The third-order valence-corrected chi connectivity index (χ3v) is 8.31. The molecule has 0 amide bonds. The normalized spacial score (nSPS) is 22.3. The molecule has 0 spiro atoms. The van der Waals surface area contributed by atoms with Crippen molar-refractivity contribution < 1.29 is 16.8 Å². The van der Waals surface area contributed by atoms with E-state index in [2.05, 4.69) is 4.90 Å². The highest BCUT2D eigenvalue weighted by Crippen LogP contribution is 2.36. The molecular formula is C20H31NO4S2. The molecule has 2 fully saturated rings. The zero-order chi connectivity index (χ0) is 19.7. The third kappa shape index (κ3) is 5.05. The van der Waals surface area contributed by atoms with Gasteiger partial charge >= 0.3 is 0 Å². The van der Waals surface area contributed by atoms with Gasteiger partial charge in [-0.1, -0.05) is 32.1 Å². The molecule has 0 N–H and O–H groups in total. The lowest BCUT2D eigenvalue weighted by molar-refractivity contribution is 0.323. The van der Waals surface area contributed by atoms with Crippen LogP contribution in [0.15, 0.2) is 28.0 Å². The summed E-state index contributed by atoms with van der Waals surface area (Å²) < 4.78 is 48.5. The molecule has 0 aromatic heterocycles. The van der Waals surface area contributed by atoms with Crippen LogP contribution >= 0.6 is 0 Å². The Balaban J connectivity index is 1.85. The van der Waals surface area contributed by atoms with Crippen LogP contribution in [0.3, 0.4) is 0 Å². The van der Waals surface area contributed by atoms with Gasteiger partial charge in [0.05, 0.1) is 15.5 Å². The molecule has 1 aliphatic heterocycles. The lowest BCUT2D eigenvalue weighted by Gasteiger charge is -2.30. The number of nitrogens with zero attached hydrogens (tertiary/aromatic N) is 1. The summed E-state index contributed by atoms with van der Waals surface area (Å²) in [6, 6.07) is 4.90. The van der Waals surface area contributed by atoms with E-state index in [1.165, 1.54) is 50.7 Å². The van der Waals surface area contributed by atoms with Crippen LogP contribution < -0.4 is 4.90 Å². The second-order valence-corrected chi connectivity index (χ2v) is 12.2. The van der Waals surface area contributed by atoms with E-state index in [1.54, 1.807) is 6.07 Å². The van der Waals surface area contributed by atoms with Crippen molar-refractivity contribution in [3.8, 4) is 0 Å². The van der Waals surface area contributed by atoms with E-state index in [0.29, 0.717) is 11.7 Å². The Morgan fingerprint density at radius 2 is 1.59 bits per heavy atom. The minimum atomic E-state index is -3.52. The highest BCUT2D eigenvalue weighted by molar-refractivity contribution is 7.91. The molecular weight excluding hydrogens is 382 g/mol. The Morgan fingerprint density at radius 1 is 0.889 bits per heavy atom. The monoisotopic (exact) mass is 413 g/mol. The fourth-order valence-electron chi connectivity index (χ4n) is 4.62. The molecule has 1 aromatic carbocycles. The topological polar surface area (TPSA) is 71.5 Å². The number of benzene rings is 1. The molecule has 1 saturated carbocycles. The van der Waals surface area contributed by atoms with Crippen LogP contribution in [0.25, 0.3) is 0 Å². The Kier molecular flexibility index (Phi) is 6.21. The van der Waals surface area contributed by atoms with Gasteiger partial charge in [0, 0.05) is 25.1 Å². The average molecular weight is 414 g/mol. The lowest BCUT2D eigenvalue weighted by Crippen LogP contribution is -2.31. The molecule has 1 aliphatic carbocycles. The van der Waals surface area contributed by atoms with Gasteiger partial charge < -0.3 is 4.90 Å². The van der Waals surface area contributed by atoms with Gasteiger partial charge in [-0.05, 0) is 49.8 Å². The van der Waals surface area contributed by atoms with Crippen molar-refractivity contribution in [3.05, 3.63) is 18.2 Å². The van der Waals surface area contributed by atoms with Crippen LogP contribution in [0.5, 0.6) is 0 Å². The molecule has 1 saturated heterocycles. The minimum absolute atomic E-state index is 0.0598. The fraction of sp³-hybridized carbons (Fsp3) is 0.700. The number of hydrogen-bond acceptors (Lipinski definition) is 5. The lowest BCUT2D eigenvalue weighted by atomic mass is 9.85. The van der Waals surface area contributed by atoms with Crippen molar-refractivity contribution >= 4 is 25.4 Å². The largest absolute Gasteiger partial charge is 0.367 e. The van der Waals surface area contributed by atoms with Crippen molar-refractivity contribution in [3.63, 3.8) is 0 Å². The van der Waals surface area contributed by atoms with E-state index >= 15 is 0 Å². The summed E-state index contributed by atoms with van der Waals surface area (Å²) in [4.78, 5) is 2.39. The molecule has 27 heavy (non-hydrogen) atoms. The number of sulfone groups is 2. The Hall–Kier alpha value is -1.08. The van der Waals surface area contributed by atoms with Gasteiger partial charge in [-0.15, -0.1) is 0 Å². The highest BCUT2D eigenvalue weighted by atomic mass is 32.2. The molecule has 152 valence electrons. The van der Waals surface area contributed by atoms with Crippen LogP contribution in [-0.4, -0.2) is 41.9 Å². The Labute approximate surface area is 164 Å². The first-order valence-electron chi connectivity index (χ1n) is 9.97. The molecule has 1 aromatic rings. The van der Waals surface area contributed by atoms with Crippen LogP contribution in [0.1, 0.15) is 57.8 Å². The summed E-state index contributed by atoms with van der Waals surface area (Å²) in [7, 11) is -6.97. The predicted octanol–water partition coefficient (Wildman–Crippen LogP) is 3.82. The predicted molar refractivity (Wildman–Crippen MR) is 109 cm³/mol. The summed E-state index contributed by atoms with van der Waals surface area (Å²) in [5.74, 6) is 0.809. The summed E-state index contributed by atoms with van der Waals surface area (Å²) in [5.41, 5.74) is 0.663. The summed E-state index contributed by atoms with van der Waals surface area (Å²) in [6.45, 7) is 0.829. The Bertz CT molecular complexity index is 871. The molecule has 3 rings (SSSR count). The minimum Gasteiger partial charge on any atom is -0.367 e. The number of rotatable bonds is 6. The SMILES string of the molecule is CS(=O)(=O)c1ccc(N2CCCC2CCC2CCCCC2)c(S(C)(=O)=O)c1. The summed E-state index contributed by atoms with van der Waals surface area (Å²) in [6.07, 6.45) is 13.4. The van der Waals surface area contributed by atoms with Gasteiger partial charge in [0.1, 0.15) is 0 Å². The maximum atomic E-state index is 12.4. The van der Waals surface area contributed by atoms with Crippen molar-refractivity contribution in [2.75, 3.05) is 24.0 Å². The van der Waals surface area contributed by atoms with Crippen LogP contribution in [0, 0.1) is 5.92 Å². The van der Waals surface area contributed by atoms with E-state index in [0.717, 1.165) is 44.2 Å². The van der Waals surface area contributed by atoms with Crippen molar-refractivity contribution in [2.24, 2.45) is 5.92 Å².